The summed E-state index contributed by atoms with van der Waals surface area (Å²) >= 11 is 0. The monoisotopic (exact) mass is 196 g/mol. The van der Waals surface area contributed by atoms with Crippen LogP contribution >= 0.6 is 0 Å². The van der Waals surface area contributed by atoms with Crippen LogP contribution < -0.4 is 10.6 Å². The van der Waals surface area contributed by atoms with Gasteiger partial charge >= 0.3 is 0 Å². The van der Waals surface area contributed by atoms with Gasteiger partial charge < -0.3 is 15.1 Å². The van der Waals surface area contributed by atoms with Gasteiger partial charge in [0.1, 0.15) is 5.76 Å². The number of aryl methyl sites for hydroxylation is 1. The Bertz CT molecular complexity index is 256. The van der Waals surface area contributed by atoms with Gasteiger partial charge in [0.05, 0.1) is 6.26 Å². The summed E-state index contributed by atoms with van der Waals surface area (Å²) < 4.78 is 5.20. The molecular formula is C11H20N2O. The van der Waals surface area contributed by atoms with E-state index in [-0.39, 0.29) is 0 Å². The maximum atomic E-state index is 5.20. The van der Waals surface area contributed by atoms with Gasteiger partial charge in [0.2, 0.25) is 0 Å². The molecule has 14 heavy (non-hydrogen) atoms. The molecule has 0 aliphatic carbocycles. The van der Waals surface area contributed by atoms with Crippen molar-refractivity contribution in [3.8, 4) is 0 Å². The minimum absolute atomic E-state index is 0.563. The van der Waals surface area contributed by atoms with E-state index >= 15 is 0 Å². The third-order valence-electron chi connectivity index (χ3n) is 1.97. The summed E-state index contributed by atoms with van der Waals surface area (Å²) in [6, 6.07) is 2.62. The first-order valence-electron chi connectivity index (χ1n) is 5.16. The molecule has 1 aromatic heterocycles. The van der Waals surface area contributed by atoms with Crippen LogP contribution in [0, 0.1) is 6.92 Å². The van der Waals surface area contributed by atoms with E-state index in [0.29, 0.717) is 6.04 Å². The van der Waals surface area contributed by atoms with Gasteiger partial charge in [-0.2, -0.15) is 0 Å². The zero-order valence-corrected chi connectivity index (χ0v) is 9.26. The molecule has 1 heterocycles. The second kappa shape index (κ2) is 5.83. The lowest BCUT2D eigenvalue weighted by atomic mass is 10.3. The predicted octanol–water partition coefficient (Wildman–Crippen LogP) is 1.68. The van der Waals surface area contributed by atoms with Crippen molar-refractivity contribution in [1.29, 1.82) is 0 Å². The van der Waals surface area contributed by atoms with Crippen molar-refractivity contribution in [3.05, 3.63) is 23.7 Å². The van der Waals surface area contributed by atoms with Crippen LogP contribution in [0.1, 0.15) is 25.2 Å². The van der Waals surface area contributed by atoms with Crippen molar-refractivity contribution in [1.82, 2.24) is 10.6 Å². The van der Waals surface area contributed by atoms with Crippen LogP contribution in [-0.4, -0.2) is 19.1 Å². The van der Waals surface area contributed by atoms with E-state index in [9.17, 15) is 0 Å². The normalized spacial score (nSPS) is 11.1. The summed E-state index contributed by atoms with van der Waals surface area (Å²) in [6.45, 7) is 9.15. The molecule has 0 aromatic carbocycles. The molecule has 0 aliphatic heterocycles. The van der Waals surface area contributed by atoms with Gasteiger partial charge in [-0.15, -0.1) is 0 Å². The number of rotatable bonds is 6. The van der Waals surface area contributed by atoms with Crippen LogP contribution in [0.2, 0.25) is 0 Å². The van der Waals surface area contributed by atoms with E-state index < -0.39 is 0 Å². The number of hydrogen-bond acceptors (Lipinski definition) is 3. The fraction of sp³-hybridized carbons (Fsp3) is 0.636. The van der Waals surface area contributed by atoms with Gasteiger partial charge in [-0.25, -0.2) is 0 Å². The second-order valence-electron chi connectivity index (χ2n) is 3.85. The summed E-state index contributed by atoms with van der Waals surface area (Å²) in [5.74, 6) is 0.974. The standard InChI is InChI=1S/C11H20N2O/c1-9(2)13-5-4-12-7-11-6-10(3)14-8-11/h6,8-9,12-13H,4-5,7H2,1-3H3. The Morgan fingerprint density at radius 1 is 1.36 bits per heavy atom. The van der Waals surface area contributed by atoms with E-state index in [1.165, 1.54) is 5.56 Å². The fourth-order valence-corrected chi connectivity index (χ4v) is 1.27. The molecule has 0 unspecified atom stereocenters. The highest BCUT2D eigenvalue weighted by Crippen LogP contribution is 2.04. The molecule has 0 spiro atoms. The first kappa shape index (κ1) is 11.3. The third-order valence-corrected chi connectivity index (χ3v) is 1.97. The Balaban J connectivity index is 2.04. The van der Waals surface area contributed by atoms with Crippen LogP contribution in [0.5, 0.6) is 0 Å². The Hall–Kier alpha value is -0.800. The fourth-order valence-electron chi connectivity index (χ4n) is 1.27. The summed E-state index contributed by atoms with van der Waals surface area (Å²) in [4.78, 5) is 0. The molecule has 0 saturated heterocycles. The summed E-state index contributed by atoms with van der Waals surface area (Å²) in [5, 5.41) is 6.70. The second-order valence-corrected chi connectivity index (χ2v) is 3.85. The van der Waals surface area contributed by atoms with Gasteiger partial charge in [0, 0.05) is 31.2 Å². The Morgan fingerprint density at radius 2 is 2.14 bits per heavy atom. The first-order valence-corrected chi connectivity index (χ1v) is 5.16. The molecular weight excluding hydrogens is 176 g/mol. The molecule has 1 rings (SSSR count). The third kappa shape index (κ3) is 4.44. The SMILES string of the molecule is Cc1cc(CNCCNC(C)C)co1. The van der Waals surface area contributed by atoms with E-state index in [1.54, 1.807) is 6.26 Å². The lowest BCUT2D eigenvalue weighted by molar-refractivity contribution is 0.526. The molecule has 80 valence electrons. The number of hydrogen-bond donors (Lipinski definition) is 2. The lowest BCUT2D eigenvalue weighted by Crippen LogP contribution is -2.31. The van der Waals surface area contributed by atoms with Crippen LogP contribution in [-0.2, 0) is 6.54 Å². The average Bonchev–Trinajstić information content (AvgIpc) is 2.50. The van der Waals surface area contributed by atoms with E-state index in [0.717, 1.165) is 25.4 Å². The van der Waals surface area contributed by atoms with Crippen molar-refractivity contribution >= 4 is 0 Å². The van der Waals surface area contributed by atoms with Gasteiger partial charge in [-0.3, -0.25) is 0 Å². The molecule has 3 nitrogen and oxygen atoms in total. The van der Waals surface area contributed by atoms with Gasteiger partial charge in [-0.05, 0) is 13.0 Å². The van der Waals surface area contributed by atoms with Gasteiger partial charge in [-0.1, -0.05) is 13.8 Å². The Labute approximate surface area is 85.9 Å². The maximum Gasteiger partial charge on any atom is 0.101 e. The molecule has 0 radical (unpaired) electrons. The number of furan rings is 1. The highest BCUT2D eigenvalue weighted by atomic mass is 16.3. The van der Waals surface area contributed by atoms with Gasteiger partial charge in [0.15, 0.2) is 0 Å². The van der Waals surface area contributed by atoms with Gasteiger partial charge in [0.25, 0.3) is 0 Å². The molecule has 0 atom stereocenters. The average molecular weight is 196 g/mol. The minimum Gasteiger partial charge on any atom is -0.469 e. The molecule has 2 N–H and O–H groups in total. The predicted molar refractivity (Wildman–Crippen MR) is 58.3 cm³/mol. The first-order chi connectivity index (χ1) is 6.68. The molecule has 1 aromatic rings. The summed E-state index contributed by atoms with van der Waals surface area (Å²) in [6.07, 6.45) is 1.80. The topological polar surface area (TPSA) is 37.2 Å². The zero-order chi connectivity index (χ0) is 10.4. The minimum atomic E-state index is 0.563. The Kier molecular flexibility index (Phi) is 4.70. The number of nitrogens with one attached hydrogen (secondary N) is 2. The van der Waals surface area contributed by atoms with Crippen LogP contribution in [0.3, 0.4) is 0 Å². The van der Waals surface area contributed by atoms with E-state index in [1.807, 2.05) is 6.92 Å². The van der Waals surface area contributed by atoms with Crippen molar-refractivity contribution in [3.63, 3.8) is 0 Å². The Morgan fingerprint density at radius 3 is 2.71 bits per heavy atom. The zero-order valence-electron chi connectivity index (χ0n) is 9.26. The van der Waals surface area contributed by atoms with Crippen LogP contribution in [0.15, 0.2) is 16.7 Å². The molecule has 0 amide bonds. The summed E-state index contributed by atoms with van der Waals surface area (Å²) in [7, 11) is 0. The van der Waals surface area contributed by atoms with Crippen LogP contribution in [0.25, 0.3) is 0 Å². The van der Waals surface area contributed by atoms with Crippen molar-refractivity contribution in [2.24, 2.45) is 0 Å². The van der Waals surface area contributed by atoms with Crippen molar-refractivity contribution in [2.75, 3.05) is 13.1 Å². The molecule has 0 bridgehead atoms. The van der Waals surface area contributed by atoms with Crippen LogP contribution in [0.4, 0.5) is 0 Å². The highest BCUT2D eigenvalue weighted by molar-refractivity contribution is 5.10. The molecule has 0 saturated carbocycles. The van der Waals surface area contributed by atoms with E-state index in [2.05, 4.69) is 30.5 Å². The summed E-state index contributed by atoms with van der Waals surface area (Å²) in [5.41, 5.74) is 1.21. The quantitative estimate of drug-likeness (QED) is 0.680. The molecule has 3 heteroatoms. The highest BCUT2D eigenvalue weighted by Gasteiger charge is 1.96. The van der Waals surface area contributed by atoms with E-state index in [4.69, 9.17) is 4.42 Å². The largest absolute Gasteiger partial charge is 0.469 e. The smallest absolute Gasteiger partial charge is 0.101 e. The maximum absolute atomic E-state index is 5.20. The van der Waals surface area contributed by atoms with Crippen molar-refractivity contribution in [2.45, 2.75) is 33.4 Å². The lowest BCUT2D eigenvalue weighted by Gasteiger charge is -2.07. The molecule has 0 aliphatic rings. The molecule has 0 fully saturated rings. The van der Waals surface area contributed by atoms with Crippen molar-refractivity contribution < 1.29 is 4.42 Å².